The zero-order valence-corrected chi connectivity index (χ0v) is 16.0. The highest BCUT2D eigenvalue weighted by Gasteiger charge is 2.27. The van der Waals surface area contributed by atoms with Crippen molar-refractivity contribution in [2.75, 3.05) is 43.1 Å². The van der Waals surface area contributed by atoms with Crippen LogP contribution in [0.25, 0.3) is 10.2 Å². The average Bonchev–Trinajstić information content (AvgIpc) is 3.46. The molecule has 0 radical (unpaired) electrons. The topological polar surface area (TPSA) is 74.3 Å². The van der Waals surface area contributed by atoms with Crippen LogP contribution in [0.3, 0.4) is 0 Å². The molecule has 1 aliphatic heterocycles. The van der Waals surface area contributed by atoms with E-state index in [2.05, 4.69) is 20.9 Å². The van der Waals surface area contributed by atoms with Crippen LogP contribution < -0.4 is 20.1 Å². The van der Waals surface area contributed by atoms with Crippen molar-refractivity contribution in [2.45, 2.75) is 18.8 Å². The maximum Gasteiger partial charge on any atom is 0.252 e. The second-order valence-corrected chi connectivity index (χ2v) is 8.08. The minimum absolute atomic E-state index is 0.0514. The maximum atomic E-state index is 12.0. The smallest absolute Gasteiger partial charge is 0.252 e. The van der Waals surface area contributed by atoms with Gasteiger partial charge in [-0.1, -0.05) is 11.3 Å². The van der Waals surface area contributed by atoms with Crippen LogP contribution in [-0.2, 0) is 0 Å². The summed E-state index contributed by atoms with van der Waals surface area (Å²) in [5.41, 5.74) is 1.86. The van der Waals surface area contributed by atoms with Crippen molar-refractivity contribution < 1.29 is 4.74 Å². The number of rotatable bonds is 4. The van der Waals surface area contributed by atoms with Gasteiger partial charge in [-0.25, -0.2) is 9.97 Å². The Morgan fingerprint density at radius 3 is 2.63 bits per heavy atom. The summed E-state index contributed by atoms with van der Waals surface area (Å²) in [6.07, 6.45) is 2.29. The number of fused-ring (bicyclic) bond motifs is 1. The van der Waals surface area contributed by atoms with Crippen molar-refractivity contribution in [3.05, 3.63) is 40.3 Å². The zero-order chi connectivity index (χ0) is 18.4. The van der Waals surface area contributed by atoms with Crippen molar-refractivity contribution in [3.63, 3.8) is 0 Å². The fraction of sp³-hybridized carbons (Fsp3) is 0.421. The van der Waals surface area contributed by atoms with Crippen molar-refractivity contribution in [1.29, 1.82) is 0 Å². The minimum Gasteiger partial charge on any atom is -0.497 e. The quantitative estimate of drug-likeness (QED) is 0.746. The summed E-state index contributed by atoms with van der Waals surface area (Å²) >= 11 is 1.70. The molecule has 1 saturated heterocycles. The molecule has 0 amide bonds. The van der Waals surface area contributed by atoms with Crippen LogP contribution in [0.1, 0.15) is 24.5 Å². The van der Waals surface area contributed by atoms with Gasteiger partial charge in [-0.3, -0.25) is 9.78 Å². The number of benzene rings is 1. The third-order valence-electron chi connectivity index (χ3n) is 5.18. The number of aromatic amines is 1. The Hall–Kier alpha value is -2.61. The molecule has 0 unspecified atom stereocenters. The highest BCUT2D eigenvalue weighted by Crippen LogP contribution is 2.38. The molecule has 0 bridgehead atoms. The molecule has 27 heavy (non-hydrogen) atoms. The van der Waals surface area contributed by atoms with E-state index in [1.165, 1.54) is 0 Å². The van der Waals surface area contributed by atoms with Crippen LogP contribution in [0.4, 0.5) is 11.1 Å². The van der Waals surface area contributed by atoms with Gasteiger partial charge in [0.1, 0.15) is 5.75 Å². The Balaban J connectivity index is 1.32. The van der Waals surface area contributed by atoms with Crippen molar-refractivity contribution in [1.82, 2.24) is 15.0 Å². The lowest BCUT2D eigenvalue weighted by Gasteiger charge is -2.34. The summed E-state index contributed by atoms with van der Waals surface area (Å²) < 4.78 is 6.45. The van der Waals surface area contributed by atoms with Crippen LogP contribution in [0.5, 0.6) is 5.75 Å². The standard InChI is InChI=1S/C19H21N5O2S/c1-26-13-4-5-16-15(10-13)21-19(27-16)24-8-6-23(7-9-24)18-20-14(12-2-3-12)11-17(25)22-18/h4-5,10-12H,2-3,6-9H2,1H3,(H,20,22,25). The van der Waals surface area contributed by atoms with E-state index in [0.717, 1.165) is 65.8 Å². The Morgan fingerprint density at radius 1 is 1.11 bits per heavy atom. The minimum atomic E-state index is -0.0514. The van der Waals surface area contributed by atoms with Gasteiger partial charge in [-0.2, -0.15) is 0 Å². The van der Waals surface area contributed by atoms with Gasteiger partial charge >= 0.3 is 0 Å². The molecule has 2 fully saturated rings. The number of anilines is 2. The Labute approximate surface area is 160 Å². The number of ether oxygens (including phenoxy) is 1. The van der Waals surface area contributed by atoms with Gasteiger partial charge in [0.05, 0.1) is 23.0 Å². The van der Waals surface area contributed by atoms with Gasteiger partial charge in [0.15, 0.2) is 5.13 Å². The first-order chi connectivity index (χ1) is 13.2. The SMILES string of the molecule is COc1ccc2sc(N3CCN(c4nc(C5CC5)cc(=O)[nH]4)CC3)nc2c1. The molecule has 2 aromatic heterocycles. The molecule has 1 aromatic carbocycles. The molecule has 2 aliphatic rings. The number of nitrogens with zero attached hydrogens (tertiary/aromatic N) is 4. The number of piperazine rings is 1. The lowest BCUT2D eigenvalue weighted by molar-refractivity contribution is 0.415. The second-order valence-electron chi connectivity index (χ2n) is 7.07. The first-order valence-electron chi connectivity index (χ1n) is 9.25. The average molecular weight is 383 g/mol. The maximum absolute atomic E-state index is 12.0. The molecule has 1 saturated carbocycles. The van der Waals surface area contributed by atoms with Gasteiger partial charge in [0, 0.05) is 44.2 Å². The molecule has 7 nitrogen and oxygen atoms in total. The normalized spacial score (nSPS) is 17.5. The Morgan fingerprint density at radius 2 is 1.89 bits per heavy atom. The van der Waals surface area contributed by atoms with E-state index in [1.54, 1.807) is 24.5 Å². The zero-order valence-electron chi connectivity index (χ0n) is 15.1. The first-order valence-corrected chi connectivity index (χ1v) is 10.1. The number of methoxy groups -OCH3 is 1. The highest BCUT2D eigenvalue weighted by molar-refractivity contribution is 7.22. The summed E-state index contributed by atoms with van der Waals surface area (Å²) in [5, 5.41) is 1.03. The largest absolute Gasteiger partial charge is 0.497 e. The number of thiazole rings is 1. The Kier molecular flexibility index (Phi) is 4.00. The predicted molar refractivity (Wildman–Crippen MR) is 107 cm³/mol. The van der Waals surface area contributed by atoms with Gasteiger partial charge in [-0.05, 0) is 25.0 Å². The fourth-order valence-electron chi connectivity index (χ4n) is 3.47. The lowest BCUT2D eigenvalue weighted by Crippen LogP contribution is -2.47. The summed E-state index contributed by atoms with van der Waals surface area (Å²) in [4.78, 5) is 28.8. The van der Waals surface area contributed by atoms with Crippen LogP contribution in [-0.4, -0.2) is 48.2 Å². The highest BCUT2D eigenvalue weighted by atomic mass is 32.1. The molecule has 8 heteroatoms. The number of hydrogen-bond acceptors (Lipinski definition) is 7. The molecule has 3 heterocycles. The number of H-pyrrole nitrogens is 1. The predicted octanol–water partition coefficient (Wildman–Crippen LogP) is 2.59. The van der Waals surface area contributed by atoms with Gasteiger partial charge in [-0.15, -0.1) is 0 Å². The van der Waals surface area contributed by atoms with Gasteiger partial charge in [0.2, 0.25) is 5.95 Å². The van der Waals surface area contributed by atoms with Crippen LogP contribution in [0.15, 0.2) is 29.1 Å². The molecular formula is C19H21N5O2S. The van der Waals surface area contributed by atoms with Gasteiger partial charge < -0.3 is 14.5 Å². The molecule has 5 rings (SSSR count). The van der Waals surface area contributed by atoms with E-state index in [1.807, 2.05) is 12.1 Å². The van der Waals surface area contributed by atoms with E-state index in [-0.39, 0.29) is 5.56 Å². The molecule has 1 N–H and O–H groups in total. The number of aromatic nitrogens is 3. The van der Waals surface area contributed by atoms with Crippen LogP contribution in [0, 0.1) is 0 Å². The van der Waals surface area contributed by atoms with E-state index < -0.39 is 0 Å². The summed E-state index contributed by atoms with van der Waals surface area (Å²) in [7, 11) is 1.67. The van der Waals surface area contributed by atoms with E-state index >= 15 is 0 Å². The van der Waals surface area contributed by atoms with Crippen molar-refractivity contribution in [3.8, 4) is 5.75 Å². The van der Waals surface area contributed by atoms with Crippen molar-refractivity contribution in [2.24, 2.45) is 0 Å². The number of nitrogens with one attached hydrogen (secondary N) is 1. The third kappa shape index (κ3) is 3.25. The molecule has 3 aromatic rings. The molecular weight excluding hydrogens is 362 g/mol. The van der Waals surface area contributed by atoms with E-state index in [0.29, 0.717) is 11.9 Å². The van der Waals surface area contributed by atoms with Gasteiger partial charge in [0.25, 0.3) is 5.56 Å². The molecule has 0 atom stereocenters. The molecule has 0 spiro atoms. The summed E-state index contributed by atoms with van der Waals surface area (Å²) in [6, 6.07) is 7.65. The summed E-state index contributed by atoms with van der Waals surface area (Å²) in [6.45, 7) is 3.34. The molecule has 140 valence electrons. The van der Waals surface area contributed by atoms with Crippen molar-refractivity contribution >= 4 is 32.6 Å². The van der Waals surface area contributed by atoms with Crippen LogP contribution >= 0.6 is 11.3 Å². The van der Waals surface area contributed by atoms with E-state index in [9.17, 15) is 4.79 Å². The fourth-order valence-corrected chi connectivity index (χ4v) is 4.47. The number of hydrogen-bond donors (Lipinski definition) is 1. The monoisotopic (exact) mass is 383 g/mol. The summed E-state index contributed by atoms with van der Waals surface area (Å²) in [5.74, 6) is 2.01. The van der Waals surface area contributed by atoms with Crippen LogP contribution in [0.2, 0.25) is 0 Å². The third-order valence-corrected chi connectivity index (χ3v) is 6.27. The molecule has 1 aliphatic carbocycles. The Bertz CT molecular complexity index is 1030. The second kappa shape index (κ2) is 6.53. The lowest BCUT2D eigenvalue weighted by atomic mass is 10.3. The first kappa shape index (κ1) is 16.6. The van der Waals surface area contributed by atoms with E-state index in [4.69, 9.17) is 14.7 Å².